The number of likely N-dealkylation sites (N-methyl/N-ethyl adjacent to an activating group) is 1. The molecule has 7 heteroatoms. The molecule has 0 aromatic heterocycles. The molecular weight excluding hydrogens is 276 g/mol. The Hall–Kier alpha value is -0.210. The van der Waals surface area contributed by atoms with Crippen molar-refractivity contribution in [2.24, 2.45) is 0 Å². The molecule has 0 bridgehead atoms. The molecule has 1 heterocycles. The number of sulfonamides is 1. The lowest BCUT2D eigenvalue weighted by molar-refractivity contribution is 0.174. The molecule has 0 aromatic rings. The van der Waals surface area contributed by atoms with Crippen LogP contribution in [0.1, 0.15) is 13.8 Å². The monoisotopic (exact) mass is 306 g/mol. The van der Waals surface area contributed by atoms with Gasteiger partial charge in [-0.1, -0.05) is 6.92 Å². The summed E-state index contributed by atoms with van der Waals surface area (Å²) in [6.07, 6.45) is 0. The molecule has 1 aliphatic heterocycles. The van der Waals surface area contributed by atoms with Crippen molar-refractivity contribution < 1.29 is 8.42 Å². The SMILES string of the molecule is CCNCC(C)S(=O)(=O)N1CCN(CCN(C)C)CC1. The molecule has 1 N–H and O–H groups in total. The Kier molecular flexibility index (Phi) is 7.39. The summed E-state index contributed by atoms with van der Waals surface area (Å²) in [4.78, 5) is 4.49. The maximum atomic E-state index is 12.4. The van der Waals surface area contributed by atoms with E-state index >= 15 is 0 Å². The third-order valence-electron chi connectivity index (χ3n) is 3.74. The molecule has 1 rings (SSSR count). The van der Waals surface area contributed by atoms with Gasteiger partial charge in [-0.25, -0.2) is 8.42 Å². The van der Waals surface area contributed by atoms with Gasteiger partial charge in [0, 0.05) is 45.8 Å². The molecule has 0 spiro atoms. The minimum atomic E-state index is -3.16. The van der Waals surface area contributed by atoms with Crippen LogP contribution in [0.2, 0.25) is 0 Å². The third-order valence-corrected chi connectivity index (χ3v) is 6.01. The average Bonchev–Trinajstić information content (AvgIpc) is 2.42. The van der Waals surface area contributed by atoms with Gasteiger partial charge in [-0.2, -0.15) is 4.31 Å². The molecule has 6 nitrogen and oxygen atoms in total. The number of hydrogen-bond donors (Lipinski definition) is 1. The van der Waals surface area contributed by atoms with Crippen LogP contribution in [0.3, 0.4) is 0 Å². The van der Waals surface area contributed by atoms with E-state index in [1.54, 1.807) is 11.2 Å². The summed E-state index contributed by atoms with van der Waals surface area (Å²) < 4.78 is 26.5. The summed E-state index contributed by atoms with van der Waals surface area (Å²) in [5.74, 6) is 0. The molecule has 0 saturated carbocycles. The molecule has 1 unspecified atom stereocenters. The van der Waals surface area contributed by atoms with E-state index in [1.165, 1.54) is 0 Å². The number of nitrogens with one attached hydrogen (secondary N) is 1. The fraction of sp³-hybridized carbons (Fsp3) is 1.00. The van der Waals surface area contributed by atoms with Crippen molar-refractivity contribution in [2.45, 2.75) is 19.1 Å². The standard InChI is InChI=1S/C13H30N4O2S/c1-5-14-12-13(2)20(18,19)17-10-8-16(9-11-17)7-6-15(3)4/h13-14H,5-12H2,1-4H3. The van der Waals surface area contributed by atoms with Crippen LogP contribution in [0, 0.1) is 0 Å². The van der Waals surface area contributed by atoms with Crippen LogP contribution in [-0.4, -0.2) is 94.2 Å². The average molecular weight is 306 g/mol. The Balaban J connectivity index is 2.43. The summed E-state index contributed by atoms with van der Waals surface area (Å²) in [5.41, 5.74) is 0. The maximum absolute atomic E-state index is 12.4. The first-order chi connectivity index (χ1) is 9.37. The van der Waals surface area contributed by atoms with Crippen LogP contribution in [0.5, 0.6) is 0 Å². The summed E-state index contributed by atoms with van der Waals surface area (Å²) in [5, 5.41) is 2.76. The van der Waals surface area contributed by atoms with E-state index in [9.17, 15) is 8.42 Å². The minimum absolute atomic E-state index is 0.351. The fourth-order valence-corrected chi connectivity index (χ4v) is 3.77. The number of rotatable bonds is 8. The van der Waals surface area contributed by atoms with Gasteiger partial charge in [0.1, 0.15) is 0 Å². The van der Waals surface area contributed by atoms with E-state index in [0.717, 1.165) is 32.7 Å². The van der Waals surface area contributed by atoms with Crippen LogP contribution < -0.4 is 5.32 Å². The summed E-state index contributed by atoms with van der Waals surface area (Å²) in [6, 6.07) is 0. The zero-order valence-corrected chi connectivity index (χ0v) is 14.1. The Morgan fingerprint density at radius 3 is 2.30 bits per heavy atom. The third kappa shape index (κ3) is 5.29. The van der Waals surface area contributed by atoms with Gasteiger partial charge in [0.15, 0.2) is 0 Å². The minimum Gasteiger partial charge on any atom is -0.316 e. The van der Waals surface area contributed by atoms with Crippen molar-refractivity contribution in [1.29, 1.82) is 0 Å². The van der Waals surface area contributed by atoms with Crippen molar-refractivity contribution in [1.82, 2.24) is 19.4 Å². The van der Waals surface area contributed by atoms with Gasteiger partial charge in [-0.05, 0) is 27.6 Å². The van der Waals surface area contributed by atoms with Crippen molar-refractivity contribution in [3.63, 3.8) is 0 Å². The lowest BCUT2D eigenvalue weighted by Gasteiger charge is -2.35. The van der Waals surface area contributed by atoms with Crippen molar-refractivity contribution >= 4 is 10.0 Å². The lowest BCUT2D eigenvalue weighted by Crippen LogP contribution is -2.52. The van der Waals surface area contributed by atoms with E-state index in [4.69, 9.17) is 0 Å². The number of nitrogens with zero attached hydrogens (tertiary/aromatic N) is 3. The highest BCUT2D eigenvalue weighted by atomic mass is 32.2. The summed E-state index contributed by atoms with van der Waals surface area (Å²) in [6.45, 7) is 10.0. The highest BCUT2D eigenvalue weighted by Gasteiger charge is 2.31. The normalized spacial score (nSPS) is 20.4. The molecule has 120 valence electrons. The summed E-state index contributed by atoms with van der Waals surface area (Å²) >= 11 is 0. The predicted molar refractivity (Wildman–Crippen MR) is 83.5 cm³/mol. The highest BCUT2D eigenvalue weighted by Crippen LogP contribution is 2.12. The molecular formula is C13H30N4O2S. The molecule has 1 saturated heterocycles. The van der Waals surface area contributed by atoms with Gasteiger partial charge in [0.2, 0.25) is 10.0 Å². The van der Waals surface area contributed by atoms with Crippen molar-refractivity contribution in [2.75, 3.05) is 66.5 Å². The lowest BCUT2D eigenvalue weighted by atomic mass is 10.3. The second-order valence-electron chi connectivity index (χ2n) is 5.71. The Morgan fingerprint density at radius 2 is 1.80 bits per heavy atom. The maximum Gasteiger partial charge on any atom is 0.218 e. The second-order valence-corrected chi connectivity index (χ2v) is 8.06. The van der Waals surface area contributed by atoms with E-state index in [1.807, 2.05) is 6.92 Å². The van der Waals surface area contributed by atoms with Crippen LogP contribution >= 0.6 is 0 Å². The quantitative estimate of drug-likeness (QED) is 0.655. The molecule has 1 atom stereocenters. The highest BCUT2D eigenvalue weighted by molar-refractivity contribution is 7.89. The zero-order chi connectivity index (χ0) is 15.2. The number of hydrogen-bond acceptors (Lipinski definition) is 5. The molecule has 0 aliphatic carbocycles. The zero-order valence-electron chi connectivity index (χ0n) is 13.3. The molecule has 0 amide bonds. The van der Waals surface area contributed by atoms with Gasteiger partial charge in [-0.3, -0.25) is 4.90 Å². The van der Waals surface area contributed by atoms with Gasteiger partial charge in [-0.15, -0.1) is 0 Å². The Bertz CT molecular complexity index is 365. The molecule has 0 aromatic carbocycles. The Labute approximate surface area is 124 Å². The largest absolute Gasteiger partial charge is 0.316 e. The molecule has 20 heavy (non-hydrogen) atoms. The van der Waals surface area contributed by atoms with Crippen molar-refractivity contribution in [3.05, 3.63) is 0 Å². The van der Waals surface area contributed by atoms with E-state index < -0.39 is 10.0 Å². The molecule has 0 radical (unpaired) electrons. The van der Waals surface area contributed by atoms with Crippen molar-refractivity contribution in [3.8, 4) is 0 Å². The van der Waals surface area contributed by atoms with Gasteiger partial charge >= 0.3 is 0 Å². The van der Waals surface area contributed by atoms with E-state index in [-0.39, 0.29) is 5.25 Å². The first-order valence-electron chi connectivity index (χ1n) is 7.44. The van der Waals surface area contributed by atoms with Crippen LogP contribution in [0.15, 0.2) is 0 Å². The number of piperazine rings is 1. The topological polar surface area (TPSA) is 55.9 Å². The first kappa shape index (κ1) is 17.8. The van der Waals surface area contributed by atoms with E-state index in [0.29, 0.717) is 19.6 Å². The van der Waals surface area contributed by atoms with Gasteiger partial charge in [0.05, 0.1) is 5.25 Å². The first-order valence-corrected chi connectivity index (χ1v) is 8.95. The van der Waals surface area contributed by atoms with Crippen LogP contribution in [0.25, 0.3) is 0 Å². The smallest absolute Gasteiger partial charge is 0.218 e. The van der Waals surface area contributed by atoms with Crippen LogP contribution in [-0.2, 0) is 10.0 Å². The van der Waals surface area contributed by atoms with E-state index in [2.05, 4.69) is 29.2 Å². The molecule has 1 fully saturated rings. The predicted octanol–water partition coefficient (Wildman–Crippen LogP) is -0.507. The van der Waals surface area contributed by atoms with Gasteiger partial charge < -0.3 is 10.2 Å². The molecule has 1 aliphatic rings. The van der Waals surface area contributed by atoms with Gasteiger partial charge in [0.25, 0.3) is 0 Å². The summed E-state index contributed by atoms with van der Waals surface area (Å²) in [7, 11) is 0.962. The fourth-order valence-electron chi connectivity index (χ4n) is 2.26. The van der Waals surface area contributed by atoms with Crippen LogP contribution in [0.4, 0.5) is 0 Å². The second kappa shape index (κ2) is 8.29. The Morgan fingerprint density at radius 1 is 1.20 bits per heavy atom.